The van der Waals surface area contributed by atoms with E-state index in [1.807, 2.05) is 23.9 Å². The van der Waals surface area contributed by atoms with Crippen LogP contribution in [0.15, 0.2) is 23.1 Å². The molecule has 1 aromatic rings. The number of aryl methyl sites for hydroxylation is 1. The van der Waals surface area contributed by atoms with Gasteiger partial charge in [-0.05, 0) is 37.1 Å². The molecule has 0 aliphatic carbocycles. The van der Waals surface area contributed by atoms with Crippen LogP contribution in [0.4, 0.5) is 5.69 Å². The van der Waals surface area contributed by atoms with Crippen LogP contribution in [-0.2, 0) is 4.74 Å². The molecule has 0 unspecified atom stereocenters. The Kier molecular flexibility index (Phi) is 6.34. The van der Waals surface area contributed by atoms with Crippen LogP contribution >= 0.6 is 11.8 Å². The van der Waals surface area contributed by atoms with Gasteiger partial charge in [0.2, 0.25) is 0 Å². The van der Waals surface area contributed by atoms with Gasteiger partial charge in [0.25, 0.3) is 0 Å². The number of hydrogen-bond donors (Lipinski definition) is 1. The van der Waals surface area contributed by atoms with E-state index in [2.05, 4.69) is 19.9 Å². The van der Waals surface area contributed by atoms with Crippen LogP contribution in [0, 0.1) is 6.92 Å². The lowest BCUT2D eigenvalue weighted by Crippen LogP contribution is -1.99. The van der Waals surface area contributed by atoms with Gasteiger partial charge in [-0.3, -0.25) is 0 Å². The molecular weight excluding hydrogens is 218 g/mol. The van der Waals surface area contributed by atoms with Crippen LogP contribution in [-0.4, -0.2) is 19.0 Å². The highest BCUT2D eigenvalue weighted by atomic mass is 32.2. The predicted octanol–water partition coefficient (Wildman–Crippen LogP) is 3.49. The maximum atomic E-state index is 5.70. The van der Waals surface area contributed by atoms with Crippen LogP contribution in [0.5, 0.6) is 0 Å². The summed E-state index contributed by atoms with van der Waals surface area (Å²) >= 11 is 1.83. The van der Waals surface area contributed by atoms with E-state index in [1.54, 1.807) is 0 Å². The third kappa shape index (κ3) is 4.90. The van der Waals surface area contributed by atoms with Crippen molar-refractivity contribution in [2.75, 3.05) is 24.7 Å². The van der Waals surface area contributed by atoms with E-state index < -0.39 is 0 Å². The van der Waals surface area contributed by atoms with Crippen molar-refractivity contribution in [3.63, 3.8) is 0 Å². The Morgan fingerprint density at radius 3 is 2.81 bits per heavy atom. The highest BCUT2D eigenvalue weighted by Crippen LogP contribution is 2.23. The fourth-order valence-corrected chi connectivity index (χ4v) is 2.27. The maximum Gasteiger partial charge on any atom is 0.0560 e. The minimum atomic E-state index is 0.828. The van der Waals surface area contributed by atoms with Crippen LogP contribution < -0.4 is 5.73 Å². The number of benzene rings is 1. The SMILES string of the molecule is CCCCOCCSc1ccc(N)cc1C. The third-order valence-corrected chi connectivity index (χ3v) is 3.47. The van der Waals surface area contributed by atoms with Gasteiger partial charge in [-0.15, -0.1) is 11.8 Å². The van der Waals surface area contributed by atoms with Gasteiger partial charge in [0.05, 0.1) is 6.61 Å². The summed E-state index contributed by atoms with van der Waals surface area (Å²) in [6.45, 7) is 5.98. The maximum absolute atomic E-state index is 5.70. The molecular formula is C13H21NOS. The zero-order chi connectivity index (χ0) is 11.8. The normalized spacial score (nSPS) is 10.6. The van der Waals surface area contributed by atoms with Gasteiger partial charge in [-0.2, -0.15) is 0 Å². The first-order valence-electron chi connectivity index (χ1n) is 5.80. The van der Waals surface area contributed by atoms with E-state index in [-0.39, 0.29) is 0 Å². The molecule has 1 rings (SSSR count). The number of nitrogens with two attached hydrogens (primary N) is 1. The molecule has 0 saturated heterocycles. The molecule has 0 bridgehead atoms. The van der Waals surface area contributed by atoms with Crippen molar-refractivity contribution in [1.29, 1.82) is 0 Å². The van der Waals surface area contributed by atoms with Crippen molar-refractivity contribution < 1.29 is 4.74 Å². The zero-order valence-corrected chi connectivity index (χ0v) is 11.0. The second-order valence-corrected chi connectivity index (χ2v) is 4.98. The van der Waals surface area contributed by atoms with Gasteiger partial charge in [0.1, 0.15) is 0 Å². The molecule has 1 aromatic carbocycles. The molecule has 2 N–H and O–H groups in total. The summed E-state index contributed by atoms with van der Waals surface area (Å²) < 4.78 is 5.51. The molecule has 0 aliphatic heterocycles. The Balaban J connectivity index is 2.21. The number of unbranched alkanes of at least 4 members (excludes halogenated alkanes) is 1. The van der Waals surface area contributed by atoms with Crippen molar-refractivity contribution in [3.05, 3.63) is 23.8 Å². The van der Waals surface area contributed by atoms with Crippen molar-refractivity contribution in [2.45, 2.75) is 31.6 Å². The number of nitrogen functional groups attached to an aromatic ring is 1. The van der Waals surface area contributed by atoms with Gasteiger partial charge in [0, 0.05) is 22.9 Å². The Bertz CT molecular complexity index is 315. The lowest BCUT2D eigenvalue weighted by molar-refractivity contribution is 0.147. The first-order chi connectivity index (χ1) is 7.74. The highest BCUT2D eigenvalue weighted by Gasteiger charge is 1.99. The largest absolute Gasteiger partial charge is 0.399 e. The van der Waals surface area contributed by atoms with E-state index in [1.165, 1.54) is 16.9 Å². The summed E-state index contributed by atoms with van der Waals surface area (Å²) in [6, 6.07) is 6.05. The third-order valence-electron chi connectivity index (χ3n) is 2.33. The Hall–Kier alpha value is -0.670. The Morgan fingerprint density at radius 1 is 1.31 bits per heavy atom. The first kappa shape index (κ1) is 13.4. The van der Waals surface area contributed by atoms with E-state index in [9.17, 15) is 0 Å². The number of rotatable bonds is 7. The number of hydrogen-bond acceptors (Lipinski definition) is 3. The highest BCUT2D eigenvalue weighted by molar-refractivity contribution is 7.99. The molecule has 0 amide bonds. The summed E-state index contributed by atoms with van der Waals surface area (Å²) in [5.74, 6) is 1.01. The molecule has 0 heterocycles. The van der Waals surface area contributed by atoms with Crippen molar-refractivity contribution in [3.8, 4) is 0 Å². The van der Waals surface area contributed by atoms with Gasteiger partial charge < -0.3 is 10.5 Å². The van der Waals surface area contributed by atoms with Gasteiger partial charge in [-0.1, -0.05) is 13.3 Å². The molecule has 0 aromatic heterocycles. The molecule has 0 fully saturated rings. The molecule has 0 radical (unpaired) electrons. The quantitative estimate of drug-likeness (QED) is 0.449. The van der Waals surface area contributed by atoms with E-state index in [0.717, 1.165) is 31.1 Å². The van der Waals surface area contributed by atoms with Crippen LogP contribution in [0.3, 0.4) is 0 Å². The minimum Gasteiger partial charge on any atom is -0.399 e. The van der Waals surface area contributed by atoms with Gasteiger partial charge in [-0.25, -0.2) is 0 Å². The lowest BCUT2D eigenvalue weighted by Gasteiger charge is -2.07. The monoisotopic (exact) mass is 239 g/mol. The zero-order valence-electron chi connectivity index (χ0n) is 10.2. The number of ether oxygens (including phenoxy) is 1. The predicted molar refractivity (Wildman–Crippen MR) is 72.0 cm³/mol. The van der Waals surface area contributed by atoms with Crippen LogP contribution in [0.25, 0.3) is 0 Å². The van der Waals surface area contributed by atoms with Crippen LogP contribution in [0.1, 0.15) is 25.3 Å². The molecule has 2 nitrogen and oxygen atoms in total. The smallest absolute Gasteiger partial charge is 0.0560 e. The fraction of sp³-hybridized carbons (Fsp3) is 0.538. The number of anilines is 1. The summed E-state index contributed by atoms with van der Waals surface area (Å²) in [5, 5.41) is 0. The van der Waals surface area contributed by atoms with Crippen molar-refractivity contribution >= 4 is 17.4 Å². The Labute approximate surface area is 103 Å². The molecule has 90 valence electrons. The minimum absolute atomic E-state index is 0.828. The van der Waals surface area contributed by atoms with E-state index in [4.69, 9.17) is 10.5 Å². The fourth-order valence-electron chi connectivity index (χ4n) is 1.39. The van der Waals surface area contributed by atoms with Crippen LogP contribution in [0.2, 0.25) is 0 Å². The average molecular weight is 239 g/mol. The summed E-state index contributed by atoms with van der Waals surface area (Å²) in [7, 11) is 0. The molecule has 0 saturated carbocycles. The topological polar surface area (TPSA) is 35.2 Å². The van der Waals surface area contributed by atoms with Crippen molar-refractivity contribution in [1.82, 2.24) is 0 Å². The second kappa shape index (κ2) is 7.58. The van der Waals surface area contributed by atoms with E-state index in [0.29, 0.717) is 0 Å². The average Bonchev–Trinajstić information content (AvgIpc) is 2.26. The Morgan fingerprint density at radius 2 is 2.12 bits per heavy atom. The standard InChI is InChI=1S/C13H21NOS/c1-3-4-7-15-8-9-16-13-6-5-12(14)10-11(13)2/h5-6,10H,3-4,7-9,14H2,1-2H3. The van der Waals surface area contributed by atoms with Gasteiger partial charge in [0.15, 0.2) is 0 Å². The molecule has 0 spiro atoms. The summed E-state index contributed by atoms with van der Waals surface area (Å²) in [5.41, 5.74) is 7.79. The lowest BCUT2D eigenvalue weighted by atomic mass is 10.2. The van der Waals surface area contributed by atoms with Gasteiger partial charge >= 0.3 is 0 Å². The molecule has 16 heavy (non-hydrogen) atoms. The summed E-state index contributed by atoms with van der Waals surface area (Å²) in [6.07, 6.45) is 2.36. The second-order valence-electron chi connectivity index (χ2n) is 3.84. The number of thioether (sulfide) groups is 1. The van der Waals surface area contributed by atoms with Crippen molar-refractivity contribution in [2.24, 2.45) is 0 Å². The molecule has 0 atom stereocenters. The summed E-state index contributed by atoms with van der Waals surface area (Å²) in [4.78, 5) is 1.30. The van der Waals surface area contributed by atoms with E-state index >= 15 is 0 Å². The molecule has 3 heteroatoms. The molecule has 0 aliphatic rings. The first-order valence-corrected chi connectivity index (χ1v) is 6.79.